The molecule has 1 fully saturated rings. The van der Waals surface area contributed by atoms with Crippen LogP contribution < -0.4 is 0 Å². The van der Waals surface area contributed by atoms with Gasteiger partial charge in [0.15, 0.2) is 5.78 Å². The van der Waals surface area contributed by atoms with Gasteiger partial charge in [-0.3, -0.25) is 9.59 Å². The molecule has 27 heavy (non-hydrogen) atoms. The number of benzene rings is 1. The van der Waals surface area contributed by atoms with Crippen LogP contribution >= 0.6 is 11.6 Å². The summed E-state index contributed by atoms with van der Waals surface area (Å²) < 4.78 is 5.28. The normalized spacial score (nSPS) is 14.9. The number of carbonyl (C=O) groups excluding carboxylic acids is 2. The quantitative estimate of drug-likeness (QED) is 0.632. The number of carbonyl (C=O) groups is 2. The second kappa shape index (κ2) is 8.41. The number of halogens is 1. The number of nitrogens with one attached hydrogen (secondary N) is 1. The molecular weight excluding hydrogens is 366 g/mol. The largest absolute Gasteiger partial charge is 0.383 e. The molecule has 1 amide bonds. The van der Waals surface area contributed by atoms with Gasteiger partial charge in [-0.15, -0.1) is 0 Å². The van der Waals surface area contributed by atoms with E-state index < -0.39 is 0 Å². The molecule has 0 spiro atoms. The van der Waals surface area contributed by atoms with E-state index in [0.717, 1.165) is 5.56 Å². The van der Waals surface area contributed by atoms with Gasteiger partial charge in [0, 0.05) is 55.7 Å². The minimum atomic E-state index is -0.178. The molecule has 0 radical (unpaired) electrons. The third kappa shape index (κ3) is 4.59. The molecule has 3 rings (SSSR count). The minimum absolute atomic E-state index is 0.127. The molecule has 0 aliphatic carbocycles. The summed E-state index contributed by atoms with van der Waals surface area (Å²) in [5.41, 5.74) is 2.06. The number of amides is 1. The van der Waals surface area contributed by atoms with Gasteiger partial charge < -0.3 is 19.5 Å². The summed E-state index contributed by atoms with van der Waals surface area (Å²) >= 11 is 6.09. The van der Waals surface area contributed by atoms with Crippen molar-refractivity contribution in [3.63, 3.8) is 0 Å². The van der Waals surface area contributed by atoms with Crippen molar-refractivity contribution in [2.24, 2.45) is 0 Å². The number of morpholine rings is 1. The Kier molecular flexibility index (Phi) is 5.98. The fourth-order valence-electron chi connectivity index (χ4n) is 2.92. The Morgan fingerprint density at radius 1 is 1.19 bits per heavy atom. The van der Waals surface area contributed by atoms with E-state index >= 15 is 0 Å². The van der Waals surface area contributed by atoms with E-state index in [2.05, 4.69) is 4.98 Å². The molecule has 0 bridgehead atoms. The van der Waals surface area contributed by atoms with Gasteiger partial charge in [0.25, 0.3) is 5.91 Å². The number of Topliss-reactive ketones (excluding diaryl/α,β-unsaturated/α-hetero) is 1. The van der Waals surface area contributed by atoms with Gasteiger partial charge in [0.1, 0.15) is 5.69 Å². The number of rotatable bonds is 5. The Bertz CT molecular complexity index is 867. The summed E-state index contributed by atoms with van der Waals surface area (Å²) in [5.74, 6) is -0.304. The highest BCUT2D eigenvalue weighted by molar-refractivity contribution is 6.32. The van der Waals surface area contributed by atoms with Crippen LogP contribution in [-0.2, 0) is 4.74 Å². The summed E-state index contributed by atoms with van der Waals surface area (Å²) in [6, 6.07) is 8.76. The standard InChI is InChI=1S/C20H22ClN3O3/c1-23(2)13-17(14-4-3-5-16(21)10-14)19(25)15-11-18(22-12-15)20(26)24-6-8-27-9-7-24/h3-5,10-13,22H,6-9H2,1-2H3/b17-13+. The van der Waals surface area contributed by atoms with E-state index in [1.165, 1.54) is 0 Å². The second-order valence-corrected chi connectivity index (χ2v) is 6.99. The molecule has 1 aromatic heterocycles. The van der Waals surface area contributed by atoms with Crippen molar-refractivity contribution < 1.29 is 14.3 Å². The molecule has 1 N–H and O–H groups in total. The highest BCUT2D eigenvalue weighted by atomic mass is 35.5. The summed E-state index contributed by atoms with van der Waals surface area (Å²) in [5, 5.41) is 0.558. The smallest absolute Gasteiger partial charge is 0.270 e. The van der Waals surface area contributed by atoms with Crippen LogP contribution in [0.5, 0.6) is 0 Å². The van der Waals surface area contributed by atoms with Crippen LogP contribution in [0.25, 0.3) is 5.57 Å². The SMILES string of the molecule is CN(C)/C=C(/C(=O)c1c[nH]c(C(=O)N2CCOCC2)c1)c1cccc(Cl)c1. The monoisotopic (exact) mass is 387 g/mol. The Hall–Kier alpha value is -2.57. The first-order valence-electron chi connectivity index (χ1n) is 8.70. The molecule has 6 nitrogen and oxygen atoms in total. The van der Waals surface area contributed by atoms with Crippen molar-refractivity contribution in [3.05, 3.63) is 64.6 Å². The molecular formula is C20H22ClN3O3. The lowest BCUT2D eigenvalue weighted by molar-refractivity contribution is 0.0299. The van der Waals surface area contributed by atoms with Crippen molar-refractivity contribution >= 4 is 28.9 Å². The fourth-order valence-corrected chi connectivity index (χ4v) is 3.11. The molecule has 2 heterocycles. The third-order valence-electron chi connectivity index (χ3n) is 4.24. The number of H-pyrrole nitrogens is 1. The maximum Gasteiger partial charge on any atom is 0.270 e. The van der Waals surface area contributed by atoms with Gasteiger partial charge in [-0.05, 0) is 23.8 Å². The first-order chi connectivity index (χ1) is 13.0. The van der Waals surface area contributed by atoms with Crippen LogP contribution in [0.15, 0.2) is 42.7 Å². The lowest BCUT2D eigenvalue weighted by Crippen LogP contribution is -2.40. The maximum atomic E-state index is 13.1. The van der Waals surface area contributed by atoms with E-state index in [4.69, 9.17) is 16.3 Å². The Labute approximate surface area is 163 Å². The highest BCUT2D eigenvalue weighted by Gasteiger charge is 2.22. The molecule has 0 saturated carbocycles. The van der Waals surface area contributed by atoms with E-state index in [0.29, 0.717) is 48.2 Å². The van der Waals surface area contributed by atoms with Crippen molar-refractivity contribution in [1.82, 2.24) is 14.8 Å². The zero-order valence-corrected chi connectivity index (χ0v) is 16.1. The average molecular weight is 388 g/mol. The molecule has 0 unspecified atom stereocenters. The first kappa shape index (κ1) is 19.2. The number of nitrogens with zero attached hydrogens (tertiary/aromatic N) is 2. The minimum Gasteiger partial charge on any atom is -0.383 e. The Morgan fingerprint density at radius 2 is 1.93 bits per heavy atom. The van der Waals surface area contributed by atoms with Gasteiger partial charge in [0.05, 0.1) is 13.2 Å². The van der Waals surface area contributed by atoms with Gasteiger partial charge >= 0.3 is 0 Å². The number of aromatic nitrogens is 1. The summed E-state index contributed by atoms with van der Waals surface area (Å²) in [6.07, 6.45) is 3.33. The van der Waals surface area contributed by atoms with Crippen molar-refractivity contribution in [3.8, 4) is 0 Å². The molecule has 7 heteroatoms. The van der Waals surface area contributed by atoms with Crippen LogP contribution in [0.2, 0.25) is 5.02 Å². The lowest BCUT2D eigenvalue weighted by atomic mass is 9.99. The molecule has 142 valence electrons. The number of allylic oxidation sites excluding steroid dienone is 1. The van der Waals surface area contributed by atoms with E-state index in [1.54, 1.807) is 46.5 Å². The second-order valence-electron chi connectivity index (χ2n) is 6.55. The number of hydrogen-bond acceptors (Lipinski definition) is 4. The summed E-state index contributed by atoms with van der Waals surface area (Å²) in [4.78, 5) is 32.1. The lowest BCUT2D eigenvalue weighted by Gasteiger charge is -2.26. The Balaban J connectivity index is 1.87. The Morgan fingerprint density at radius 3 is 2.59 bits per heavy atom. The molecule has 1 saturated heterocycles. The topological polar surface area (TPSA) is 65.6 Å². The fraction of sp³-hybridized carbons (Fsp3) is 0.300. The maximum absolute atomic E-state index is 13.1. The summed E-state index contributed by atoms with van der Waals surface area (Å²) in [7, 11) is 3.70. The van der Waals surface area contributed by atoms with Crippen molar-refractivity contribution in [1.29, 1.82) is 0 Å². The van der Waals surface area contributed by atoms with Gasteiger partial charge in [0.2, 0.25) is 0 Å². The molecule has 1 aromatic carbocycles. The predicted molar refractivity (Wildman–Crippen MR) is 105 cm³/mol. The molecule has 1 aliphatic rings. The predicted octanol–water partition coefficient (Wildman–Crippen LogP) is 2.93. The number of ketones is 1. The molecule has 0 atom stereocenters. The van der Waals surface area contributed by atoms with Crippen LogP contribution in [0.4, 0.5) is 0 Å². The third-order valence-corrected chi connectivity index (χ3v) is 4.48. The van der Waals surface area contributed by atoms with Crippen LogP contribution in [0, 0.1) is 0 Å². The number of hydrogen-bond donors (Lipinski definition) is 1. The van der Waals surface area contributed by atoms with E-state index in [-0.39, 0.29) is 11.7 Å². The average Bonchev–Trinajstić information content (AvgIpc) is 3.15. The van der Waals surface area contributed by atoms with Crippen LogP contribution in [0.3, 0.4) is 0 Å². The van der Waals surface area contributed by atoms with Crippen molar-refractivity contribution in [2.75, 3.05) is 40.4 Å². The molecule has 1 aliphatic heterocycles. The number of ether oxygens (including phenoxy) is 1. The summed E-state index contributed by atoms with van der Waals surface area (Å²) in [6.45, 7) is 2.16. The van der Waals surface area contributed by atoms with Crippen LogP contribution in [-0.4, -0.2) is 66.9 Å². The molecule has 2 aromatic rings. The zero-order valence-electron chi connectivity index (χ0n) is 15.4. The van der Waals surface area contributed by atoms with E-state index in [9.17, 15) is 9.59 Å². The van der Waals surface area contributed by atoms with Gasteiger partial charge in [-0.1, -0.05) is 23.7 Å². The van der Waals surface area contributed by atoms with E-state index in [1.807, 2.05) is 20.2 Å². The van der Waals surface area contributed by atoms with Crippen molar-refractivity contribution in [2.45, 2.75) is 0 Å². The highest BCUT2D eigenvalue weighted by Crippen LogP contribution is 2.24. The van der Waals surface area contributed by atoms with Gasteiger partial charge in [-0.2, -0.15) is 0 Å². The van der Waals surface area contributed by atoms with Gasteiger partial charge in [-0.25, -0.2) is 0 Å². The number of aromatic amines is 1. The first-order valence-corrected chi connectivity index (χ1v) is 9.08. The van der Waals surface area contributed by atoms with Crippen LogP contribution in [0.1, 0.15) is 26.4 Å². The zero-order chi connectivity index (χ0) is 19.4.